The van der Waals surface area contributed by atoms with Crippen molar-refractivity contribution in [1.82, 2.24) is 0 Å². The average Bonchev–Trinajstić information content (AvgIpc) is 3.57. The highest BCUT2D eigenvalue weighted by molar-refractivity contribution is 6.29. The van der Waals surface area contributed by atoms with E-state index in [0.717, 1.165) is 21.5 Å². The molecule has 190 valence electrons. The fraction of sp³-hybridized carbons (Fsp3) is 0. The Hall–Kier alpha value is -5.40. The molecule has 0 saturated carbocycles. The van der Waals surface area contributed by atoms with Crippen LogP contribution in [-0.2, 0) is 0 Å². The minimum absolute atomic E-state index is 0.00925. The molecule has 1 aromatic heterocycles. The Labute approximate surface area is 255 Å². The van der Waals surface area contributed by atoms with Crippen molar-refractivity contribution in [2.45, 2.75) is 0 Å². The lowest BCUT2D eigenvalue weighted by Gasteiger charge is -2.17. The lowest BCUT2D eigenvalue weighted by atomic mass is 9.86. The molecule has 0 amide bonds. The molecular weight excluding hydrogens is 496 g/mol. The molecule has 8 aromatic carbocycles. The van der Waals surface area contributed by atoms with E-state index in [9.17, 15) is 1.37 Å². The molecule has 0 radical (unpaired) electrons. The number of fused-ring (bicyclic) bond motifs is 3. The van der Waals surface area contributed by atoms with Gasteiger partial charge in [-0.05, 0) is 66.2 Å². The predicted octanol–water partition coefficient (Wildman–Crippen LogP) is 11.5. The lowest BCUT2D eigenvalue weighted by Crippen LogP contribution is -1.89. The average molecular weight is 534 g/mol. The molecule has 0 fully saturated rings. The number of furan rings is 1. The van der Waals surface area contributed by atoms with Crippen LogP contribution < -0.4 is 0 Å². The summed E-state index contributed by atoms with van der Waals surface area (Å²) in [5, 5.41) is 5.41. The van der Waals surface area contributed by atoms with Gasteiger partial charge in [0.15, 0.2) is 0 Å². The topological polar surface area (TPSA) is 13.1 Å². The van der Waals surface area contributed by atoms with E-state index >= 15 is 0 Å². The Morgan fingerprint density at radius 3 is 1.73 bits per heavy atom. The standard InChI is InChI=1S/C40H24O/c1-3-9-25(10-4-1)29-21-17-27-20-24-34-31(22-18-28-19-23-33(29)37(27)38(28)34)32-14-8-16-36-39(32)35-15-7-13-30(40(35)41-36)26-11-5-2-6-12-26/h1-24H/i1D,2D,3D,4D,5D,6D,8D,9D,10D,11D,12D,14D,16D. The summed E-state index contributed by atoms with van der Waals surface area (Å²) < 4.78 is 117. The zero-order valence-corrected chi connectivity index (χ0v) is 21.3. The summed E-state index contributed by atoms with van der Waals surface area (Å²) in [6.07, 6.45) is 0. The van der Waals surface area contributed by atoms with Crippen molar-refractivity contribution in [2.75, 3.05) is 0 Å². The van der Waals surface area contributed by atoms with Crippen LogP contribution in [0.2, 0.25) is 0 Å². The summed E-state index contributed by atoms with van der Waals surface area (Å²) in [6.45, 7) is 0. The molecule has 0 atom stereocenters. The zero-order chi connectivity index (χ0) is 38.2. The summed E-state index contributed by atoms with van der Waals surface area (Å²) >= 11 is 0. The second-order valence-corrected chi connectivity index (χ2v) is 9.89. The van der Waals surface area contributed by atoms with E-state index in [1.165, 1.54) is 0 Å². The first kappa shape index (κ1) is 13.3. The third kappa shape index (κ3) is 3.24. The van der Waals surface area contributed by atoms with Crippen LogP contribution in [0.15, 0.2) is 150 Å². The van der Waals surface area contributed by atoms with Gasteiger partial charge in [0.25, 0.3) is 0 Å². The van der Waals surface area contributed by atoms with Crippen molar-refractivity contribution < 1.29 is 22.2 Å². The van der Waals surface area contributed by atoms with Crippen molar-refractivity contribution in [2.24, 2.45) is 0 Å². The minimum atomic E-state index is -0.534. The van der Waals surface area contributed by atoms with Crippen molar-refractivity contribution >= 4 is 54.3 Å². The van der Waals surface area contributed by atoms with Crippen LogP contribution in [0.4, 0.5) is 0 Å². The fourth-order valence-electron chi connectivity index (χ4n) is 6.07. The molecule has 0 spiro atoms. The second-order valence-electron chi connectivity index (χ2n) is 9.89. The van der Waals surface area contributed by atoms with Crippen molar-refractivity contribution in [1.29, 1.82) is 0 Å². The zero-order valence-electron chi connectivity index (χ0n) is 34.3. The van der Waals surface area contributed by atoms with Gasteiger partial charge >= 0.3 is 0 Å². The molecular formula is C40H24O. The Kier molecular flexibility index (Phi) is 2.77. The van der Waals surface area contributed by atoms with Crippen LogP contribution in [-0.4, -0.2) is 0 Å². The highest BCUT2D eigenvalue weighted by Crippen LogP contribution is 2.45. The molecule has 41 heavy (non-hydrogen) atoms. The molecule has 0 aliphatic heterocycles. The van der Waals surface area contributed by atoms with Crippen LogP contribution in [0.25, 0.3) is 87.6 Å². The highest BCUT2D eigenvalue weighted by Gasteiger charge is 2.19. The van der Waals surface area contributed by atoms with Gasteiger partial charge in [-0.2, -0.15) is 0 Å². The molecule has 0 aliphatic rings. The van der Waals surface area contributed by atoms with Crippen LogP contribution in [0.5, 0.6) is 0 Å². The van der Waals surface area contributed by atoms with E-state index in [2.05, 4.69) is 0 Å². The van der Waals surface area contributed by atoms with E-state index in [0.29, 0.717) is 38.2 Å². The van der Waals surface area contributed by atoms with E-state index in [1.54, 1.807) is 24.3 Å². The second kappa shape index (κ2) is 8.55. The van der Waals surface area contributed by atoms with E-state index in [4.69, 9.17) is 20.9 Å². The first-order valence-electron chi connectivity index (χ1n) is 19.5. The van der Waals surface area contributed by atoms with Gasteiger partial charge in [-0.1, -0.05) is 139 Å². The Balaban J connectivity index is 1.39. The van der Waals surface area contributed by atoms with Crippen molar-refractivity contribution in [3.63, 3.8) is 0 Å². The molecule has 1 heteroatoms. The molecule has 0 N–H and O–H groups in total. The van der Waals surface area contributed by atoms with E-state index in [-0.39, 0.29) is 58.1 Å². The van der Waals surface area contributed by atoms with Crippen LogP contribution >= 0.6 is 0 Å². The van der Waals surface area contributed by atoms with Gasteiger partial charge in [-0.3, -0.25) is 0 Å². The van der Waals surface area contributed by atoms with Crippen LogP contribution in [0, 0.1) is 0 Å². The lowest BCUT2D eigenvalue weighted by molar-refractivity contribution is 0.670. The molecule has 9 aromatic rings. The van der Waals surface area contributed by atoms with Gasteiger partial charge < -0.3 is 4.42 Å². The first-order valence-corrected chi connectivity index (χ1v) is 13.0. The molecule has 1 nitrogen and oxygen atoms in total. The third-order valence-electron chi connectivity index (χ3n) is 7.80. The molecule has 1 heterocycles. The molecule has 0 unspecified atom stereocenters. The fourth-order valence-corrected chi connectivity index (χ4v) is 6.07. The monoisotopic (exact) mass is 533 g/mol. The van der Waals surface area contributed by atoms with Crippen LogP contribution in [0.1, 0.15) is 17.8 Å². The summed E-state index contributed by atoms with van der Waals surface area (Å²) in [7, 11) is 0. The van der Waals surface area contributed by atoms with Gasteiger partial charge in [0, 0.05) is 16.3 Å². The Morgan fingerprint density at radius 2 is 1.02 bits per heavy atom. The SMILES string of the molecule is [2H]c1c([2H])c([2H])c(-c2ccc3ccc4c(-c5c([2H])c([2H])c([2H])c6oc7c(-c8c([2H])c([2H])c([2H])c([2H])c8[2H])cccc7c56)ccc5ccc2c3c54)c([2H])c1[2H]. The summed E-state index contributed by atoms with van der Waals surface area (Å²) in [5.74, 6) is 0. The molecule has 9 rings (SSSR count). The van der Waals surface area contributed by atoms with Gasteiger partial charge in [-0.15, -0.1) is 0 Å². The Morgan fingerprint density at radius 1 is 0.415 bits per heavy atom. The van der Waals surface area contributed by atoms with Crippen molar-refractivity contribution in [3.8, 4) is 33.4 Å². The maximum absolute atomic E-state index is 9.25. The molecule has 0 saturated heterocycles. The van der Waals surface area contributed by atoms with Gasteiger partial charge in [0.2, 0.25) is 0 Å². The number of hydrogen-bond acceptors (Lipinski definition) is 1. The Bertz CT molecular complexity index is 3090. The van der Waals surface area contributed by atoms with Crippen LogP contribution in [0.3, 0.4) is 0 Å². The summed E-state index contributed by atoms with van der Waals surface area (Å²) in [4.78, 5) is 0. The van der Waals surface area contributed by atoms with Gasteiger partial charge in [-0.25, -0.2) is 0 Å². The quantitative estimate of drug-likeness (QED) is 0.206. The largest absolute Gasteiger partial charge is 0.455 e. The number of benzene rings is 8. The highest BCUT2D eigenvalue weighted by atomic mass is 16.3. The molecule has 0 aliphatic carbocycles. The molecule has 0 bridgehead atoms. The number of para-hydroxylation sites is 1. The maximum Gasteiger partial charge on any atom is 0.143 e. The maximum atomic E-state index is 9.25. The van der Waals surface area contributed by atoms with Gasteiger partial charge in [0.05, 0.1) is 17.8 Å². The van der Waals surface area contributed by atoms with Gasteiger partial charge in [0.1, 0.15) is 11.2 Å². The normalized spacial score (nSPS) is 16.3. The summed E-state index contributed by atoms with van der Waals surface area (Å²) in [6, 6.07) is 14.6. The predicted molar refractivity (Wildman–Crippen MR) is 174 cm³/mol. The summed E-state index contributed by atoms with van der Waals surface area (Å²) in [5.41, 5.74) is 1.71. The van der Waals surface area contributed by atoms with Crippen molar-refractivity contribution in [3.05, 3.63) is 145 Å². The minimum Gasteiger partial charge on any atom is -0.455 e. The first-order chi connectivity index (χ1) is 25.7. The van der Waals surface area contributed by atoms with E-state index < -0.39 is 48.3 Å². The smallest absolute Gasteiger partial charge is 0.143 e. The number of hydrogen-bond donors (Lipinski definition) is 0. The number of rotatable bonds is 3. The third-order valence-corrected chi connectivity index (χ3v) is 7.80. The van der Waals surface area contributed by atoms with E-state index in [1.807, 2.05) is 42.5 Å².